The molecule has 35 heavy (non-hydrogen) atoms. The van der Waals surface area contributed by atoms with Gasteiger partial charge in [-0.1, -0.05) is 39.0 Å². The number of aromatic amines is 1. The third-order valence-electron chi connectivity index (χ3n) is 5.55. The average molecular weight is 479 g/mol. The van der Waals surface area contributed by atoms with Gasteiger partial charge in [0.2, 0.25) is 0 Å². The van der Waals surface area contributed by atoms with Crippen molar-refractivity contribution in [1.82, 2.24) is 15.6 Å². The van der Waals surface area contributed by atoms with Crippen molar-refractivity contribution in [3.63, 3.8) is 0 Å². The van der Waals surface area contributed by atoms with Gasteiger partial charge in [-0.2, -0.15) is 10.2 Å². The van der Waals surface area contributed by atoms with Gasteiger partial charge in [0.05, 0.1) is 32.7 Å². The van der Waals surface area contributed by atoms with Gasteiger partial charge in [0.25, 0.3) is 5.91 Å². The molecule has 1 heterocycles. The minimum atomic E-state index is -0.397. The number of rotatable bonds is 14. The number of benzene rings is 2. The van der Waals surface area contributed by atoms with Crippen LogP contribution in [0.2, 0.25) is 0 Å². The highest BCUT2D eigenvalue weighted by Gasteiger charge is 2.11. The highest BCUT2D eigenvalue weighted by Crippen LogP contribution is 2.23. The van der Waals surface area contributed by atoms with E-state index in [4.69, 9.17) is 14.2 Å². The normalized spacial score (nSPS) is 10.9. The van der Waals surface area contributed by atoms with E-state index in [1.54, 1.807) is 38.5 Å². The number of ether oxygens (including phenoxy) is 3. The van der Waals surface area contributed by atoms with E-state index in [1.165, 1.54) is 38.3 Å². The topological polar surface area (TPSA) is 97.8 Å². The number of nitrogens with zero attached hydrogens (tertiary/aromatic N) is 2. The Labute approximate surface area is 206 Å². The molecule has 0 saturated heterocycles. The minimum Gasteiger partial charge on any atom is -0.497 e. The smallest absolute Gasteiger partial charge is 0.289 e. The van der Waals surface area contributed by atoms with E-state index >= 15 is 0 Å². The fourth-order valence-corrected chi connectivity index (χ4v) is 3.53. The third kappa shape index (κ3) is 7.88. The summed E-state index contributed by atoms with van der Waals surface area (Å²) in [4.78, 5) is 12.5. The first kappa shape index (κ1) is 25.8. The van der Waals surface area contributed by atoms with Gasteiger partial charge in [0, 0.05) is 17.2 Å². The highest BCUT2D eigenvalue weighted by atomic mass is 16.5. The number of hydrazone groups is 1. The van der Waals surface area contributed by atoms with Gasteiger partial charge < -0.3 is 14.2 Å². The van der Waals surface area contributed by atoms with Crippen LogP contribution in [-0.2, 0) is 0 Å². The average Bonchev–Trinajstić information content (AvgIpc) is 3.39. The van der Waals surface area contributed by atoms with Crippen molar-refractivity contribution in [2.24, 2.45) is 5.10 Å². The molecule has 0 aliphatic heterocycles. The maximum atomic E-state index is 12.5. The summed E-state index contributed by atoms with van der Waals surface area (Å²) >= 11 is 0. The van der Waals surface area contributed by atoms with Crippen molar-refractivity contribution in [2.75, 3.05) is 20.8 Å². The molecule has 0 fully saturated rings. The second kappa shape index (κ2) is 13.8. The first-order chi connectivity index (χ1) is 17.1. The summed E-state index contributed by atoms with van der Waals surface area (Å²) in [7, 11) is 3.14. The van der Waals surface area contributed by atoms with Gasteiger partial charge in [0.15, 0.2) is 0 Å². The maximum Gasteiger partial charge on any atom is 0.289 e. The SMILES string of the molecule is CCCCCCCCOc1ccc(-c2cc(C(=O)N/N=C\c3ccc(OC)cc3OC)[nH]n2)cc1. The van der Waals surface area contributed by atoms with Crippen molar-refractivity contribution in [3.05, 3.63) is 59.8 Å². The molecule has 0 aliphatic carbocycles. The van der Waals surface area contributed by atoms with Crippen molar-refractivity contribution >= 4 is 12.1 Å². The summed E-state index contributed by atoms with van der Waals surface area (Å²) in [5.74, 6) is 1.70. The molecule has 186 valence electrons. The van der Waals surface area contributed by atoms with Gasteiger partial charge >= 0.3 is 0 Å². The summed E-state index contributed by atoms with van der Waals surface area (Å²) in [6.07, 6.45) is 8.93. The van der Waals surface area contributed by atoms with E-state index in [1.807, 2.05) is 24.3 Å². The van der Waals surface area contributed by atoms with Crippen molar-refractivity contribution in [2.45, 2.75) is 45.4 Å². The monoisotopic (exact) mass is 478 g/mol. The number of nitrogens with one attached hydrogen (secondary N) is 2. The molecule has 2 N–H and O–H groups in total. The lowest BCUT2D eigenvalue weighted by Crippen LogP contribution is -2.18. The Kier molecular flexibility index (Phi) is 10.2. The van der Waals surface area contributed by atoms with E-state index in [9.17, 15) is 4.79 Å². The molecule has 3 aromatic rings. The largest absolute Gasteiger partial charge is 0.497 e. The van der Waals surface area contributed by atoms with Crippen molar-refractivity contribution in [3.8, 4) is 28.5 Å². The lowest BCUT2D eigenvalue weighted by atomic mass is 10.1. The lowest BCUT2D eigenvalue weighted by Gasteiger charge is -2.06. The zero-order valence-electron chi connectivity index (χ0n) is 20.7. The molecule has 8 nitrogen and oxygen atoms in total. The van der Waals surface area contributed by atoms with Gasteiger partial charge in [-0.15, -0.1) is 0 Å². The number of H-pyrrole nitrogens is 1. The van der Waals surface area contributed by atoms with Crippen LogP contribution >= 0.6 is 0 Å². The molecule has 0 aliphatic rings. The molecule has 0 unspecified atom stereocenters. The molecule has 0 spiro atoms. The van der Waals surface area contributed by atoms with Crippen LogP contribution in [0.3, 0.4) is 0 Å². The zero-order valence-corrected chi connectivity index (χ0v) is 20.7. The quantitative estimate of drug-likeness (QED) is 0.179. The summed E-state index contributed by atoms with van der Waals surface area (Å²) < 4.78 is 16.3. The predicted molar refractivity (Wildman–Crippen MR) is 138 cm³/mol. The molecule has 0 atom stereocenters. The molecule has 0 bridgehead atoms. The Morgan fingerprint density at radius 1 is 0.971 bits per heavy atom. The first-order valence-corrected chi connectivity index (χ1v) is 12.0. The third-order valence-corrected chi connectivity index (χ3v) is 5.55. The standard InChI is InChI=1S/C27H34N4O4/c1-4-5-6-7-8-9-16-35-22-13-10-20(11-14-22)24-18-25(30-29-24)27(32)31-28-19-21-12-15-23(33-2)17-26(21)34-3/h10-15,17-19H,4-9,16H2,1-3H3,(H,29,30)(H,31,32)/b28-19-. The number of unbranched alkanes of at least 4 members (excludes halogenated alkanes) is 5. The molecule has 3 rings (SSSR count). The van der Waals surface area contributed by atoms with Crippen molar-refractivity contribution < 1.29 is 19.0 Å². The Hall–Kier alpha value is -3.81. The summed E-state index contributed by atoms with van der Waals surface area (Å²) in [5.41, 5.74) is 5.07. The number of amides is 1. The Morgan fingerprint density at radius 3 is 2.46 bits per heavy atom. The molecule has 1 amide bonds. The van der Waals surface area contributed by atoms with E-state index in [-0.39, 0.29) is 0 Å². The molecule has 2 aromatic carbocycles. The lowest BCUT2D eigenvalue weighted by molar-refractivity contribution is 0.0950. The number of methoxy groups -OCH3 is 2. The first-order valence-electron chi connectivity index (χ1n) is 12.0. The van der Waals surface area contributed by atoms with Crippen LogP contribution in [0.25, 0.3) is 11.3 Å². The van der Waals surface area contributed by atoms with Gasteiger partial charge in [0.1, 0.15) is 22.9 Å². The zero-order chi connectivity index (χ0) is 24.9. The van der Waals surface area contributed by atoms with Crippen LogP contribution in [0.15, 0.2) is 53.6 Å². The molecule has 1 aromatic heterocycles. The predicted octanol–water partition coefficient (Wildman–Crippen LogP) is 5.60. The number of carbonyl (C=O) groups is 1. The number of hydrogen-bond acceptors (Lipinski definition) is 6. The van der Waals surface area contributed by atoms with Crippen LogP contribution in [0.4, 0.5) is 0 Å². The van der Waals surface area contributed by atoms with E-state index in [0.717, 1.165) is 24.3 Å². The van der Waals surface area contributed by atoms with Crippen molar-refractivity contribution in [1.29, 1.82) is 0 Å². The fraction of sp³-hybridized carbons (Fsp3) is 0.370. The van der Waals surface area contributed by atoms with Gasteiger partial charge in [-0.25, -0.2) is 5.43 Å². The highest BCUT2D eigenvalue weighted by molar-refractivity contribution is 5.94. The van der Waals surface area contributed by atoms with Crippen LogP contribution in [0.5, 0.6) is 17.2 Å². The van der Waals surface area contributed by atoms with E-state index in [2.05, 4.69) is 27.6 Å². The Balaban J connectivity index is 1.49. The molecular formula is C27H34N4O4. The van der Waals surface area contributed by atoms with Gasteiger partial charge in [-0.3, -0.25) is 9.89 Å². The molecular weight excluding hydrogens is 444 g/mol. The van der Waals surface area contributed by atoms with E-state index < -0.39 is 5.91 Å². The van der Waals surface area contributed by atoms with E-state index in [0.29, 0.717) is 28.5 Å². The molecule has 0 saturated carbocycles. The van der Waals surface area contributed by atoms with Crippen LogP contribution in [0.1, 0.15) is 61.5 Å². The minimum absolute atomic E-state index is 0.308. The number of carbonyl (C=O) groups excluding carboxylic acids is 1. The van der Waals surface area contributed by atoms with Gasteiger partial charge in [-0.05, 0) is 48.9 Å². The fourth-order valence-electron chi connectivity index (χ4n) is 3.53. The second-order valence-corrected chi connectivity index (χ2v) is 8.11. The summed E-state index contributed by atoms with van der Waals surface area (Å²) in [5, 5.41) is 11.0. The summed E-state index contributed by atoms with van der Waals surface area (Å²) in [6, 6.07) is 14.7. The number of hydrogen-bond donors (Lipinski definition) is 2. The van der Waals surface area contributed by atoms with Crippen LogP contribution in [-0.4, -0.2) is 43.1 Å². The maximum absolute atomic E-state index is 12.5. The summed E-state index contributed by atoms with van der Waals surface area (Å²) in [6.45, 7) is 2.95. The Bertz CT molecular complexity index is 1090. The Morgan fingerprint density at radius 2 is 1.71 bits per heavy atom. The van der Waals surface area contributed by atoms with Crippen LogP contribution < -0.4 is 19.6 Å². The molecule has 8 heteroatoms. The van der Waals surface area contributed by atoms with Crippen LogP contribution in [0, 0.1) is 0 Å². The number of aromatic nitrogens is 2. The molecule has 0 radical (unpaired) electrons. The second-order valence-electron chi connectivity index (χ2n) is 8.11.